The summed E-state index contributed by atoms with van der Waals surface area (Å²) in [5, 5.41) is 2.54. The van der Waals surface area contributed by atoms with Gasteiger partial charge in [0, 0.05) is 18.7 Å². The van der Waals surface area contributed by atoms with E-state index in [1.807, 2.05) is 48.2 Å². The Labute approximate surface area is 159 Å². The number of ether oxygens (including phenoxy) is 1. The van der Waals surface area contributed by atoms with Gasteiger partial charge in [-0.25, -0.2) is 4.79 Å². The van der Waals surface area contributed by atoms with Gasteiger partial charge in [0.25, 0.3) is 5.91 Å². The highest BCUT2D eigenvalue weighted by Gasteiger charge is 2.30. The number of rotatable bonds is 6. The number of nitrogens with zero attached hydrogens (tertiary/aromatic N) is 1. The molecule has 142 valence electrons. The van der Waals surface area contributed by atoms with Crippen molar-refractivity contribution in [3.05, 3.63) is 65.2 Å². The van der Waals surface area contributed by atoms with Gasteiger partial charge < -0.3 is 20.7 Å². The third kappa shape index (κ3) is 4.58. The standard InChI is InChI=1S/C21H25N3O3/c1-2-27-18-11-9-16(10-12-18)19-4-3-13-24(19)20(25)17-7-5-15(6-8-17)14-23-21(22)26/h5-12,19H,2-4,13-14H2,1H3,(H3,22,23,26)/t19-/m1/s1. The molecule has 1 atom stereocenters. The van der Waals surface area contributed by atoms with Crippen LogP contribution in [0.4, 0.5) is 4.79 Å². The fourth-order valence-electron chi connectivity index (χ4n) is 3.43. The Bertz CT molecular complexity index is 787. The fourth-order valence-corrected chi connectivity index (χ4v) is 3.43. The summed E-state index contributed by atoms with van der Waals surface area (Å²) in [7, 11) is 0. The Hall–Kier alpha value is -3.02. The molecular weight excluding hydrogens is 342 g/mol. The van der Waals surface area contributed by atoms with Gasteiger partial charge >= 0.3 is 6.03 Å². The Balaban J connectivity index is 1.70. The van der Waals surface area contributed by atoms with E-state index >= 15 is 0 Å². The van der Waals surface area contributed by atoms with Crippen LogP contribution in [0.1, 0.15) is 47.3 Å². The molecule has 3 amide bonds. The lowest BCUT2D eigenvalue weighted by atomic mass is 10.0. The van der Waals surface area contributed by atoms with Crippen LogP contribution < -0.4 is 15.8 Å². The maximum atomic E-state index is 13.0. The van der Waals surface area contributed by atoms with E-state index in [9.17, 15) is 9.59 Å². The second-order valence-corrected chi connectivity index (χ2v) is 6.57. The number of nitrogens with two attached hydrogens (primary N) is 1. The molecule has 1 aliphatic rings. The van der Waals surface area contributed by atoms with E-state index in [2.05, 4.69) is 5.32 Å². The Morgan fingerprint density at radius 2 is 1.85 bits per heavy atom. The molecule has 6 heteroatoms. The largest absolute Gasteiger partial charge is 0.494 e. The normalized spacial score (nSPS) is 16.2. The molecule has 2 aromatic carbocycles. The van der Waals surface area contributed by atoms with Crippen molar-refractivity contribution >= 4 is 11.9 Å². The van der Waals surface area contributed by atoms with Crippen molar-refractivity contribution in [1.82, 2.24) is 10.2 Å². The number of carbonyl (C=O) groups is 2. The van der Waals surface area contributed by atoms with E-state index in [0.29, 0.717) is 18.7 Å². The first-order valence-corrected chi connectivity index (χ1v) is 9.24. The van der Waals surface area contributed by atoms with Crippen molar-refractivity contribution in [2.75, 3.05) is 13.2 Å². The van der Waals surface area contributed by atoms with Gasteiger partial charge in [-0.2, -0.15) is 0 Å². The van der Waals surface area contributed by atoms with Gasteiger partial charge in [0.05, 0.1) is 12.6 Å². The highest BCUT2D eigenvalue weighted by Crippen LogP contribution is 2.34. The van der Waals surface area contributed by atoms with Crippen LogP contribution in [0.5, 0.6) is 5.75 Å². The van der Waals surface area contributed by atoms with Crippen LogP contribution >= 0.6 is 0 Å². The number of amides is 3. The molecule has 1 saturated heterocycles. The monoisotopic (exact) mass is 367 g/mol. The van der Waals surface area contributed by atoms with Gasteiger partial charge in [0.2, 0.25) is 0 Å². The van der Waals surface area contributed by atoms with Crippen LogP contribution in [0.3, 0.4) is 0 Å². The van der Waals surface area contributed by atoms with Crippen LogP contribution in [0.15, 0.2) is 48.5 Å². The number of hydrogen-bond acceptors (Lipinski definition) is 3. The molecule has 1 fully saturated rings. The molecule has 1 aliphatic heterocycles. The molecule has 27 heavy (non-hydrogen) atoms. The molecule has 3 N–H and O–H groups in total. The molecule has 0 bridgehead atoms. The second-order valence-electron chi connectivity index (χ2n) is 6.57. The quantitative estimate of drug-likeness (QED) is 0.822. The number of urea groups is 1. The highest BCUT2D eigenvalue weighted by atomic mass is 16.5. The minimum atomic E-state index is -0.564. The summed E-state index contributed by atoms with van der Waals surface area (Å²) in [6, 6.07) is 14.8. The van der Waals surface area contributed by atoms with Crippen molar-refractivity contribution in [2.24, 2.45) is 5.73 Å². The predicted molar refractivity (Wildman–Crippen MR) is 103 cm³/mol. The number of nitrogens with one attached hydrogen (secondary N) is 1. The van der Waals surface area contributed by atoms with Gasteiger partial charge in [0.15, 0.2) is 0 Å². The van der Waals surface area contributed by atoms with Crippen LogP contribution in [-0.4, -0.2) is 30.0 Å². The third-order valence-electron chi connectivity index (χ3n) is 4.76. The van der Waals surface area contributed by atoms with Crippen molar-refractivity contribution in [2.45, 2.75) is 32.4 Å². The molecule has 3 rings (SSSR count). The van der Waals surface area contributed by atoms with Crippen molar-refractivity contribution in [3.63, 3.8) is 0 Å². The number of likely N-dealkylation sites (tertiary alicyclic amines) is 1. The average molecular weight is 367 g/mol. The smallest absolute Gasteiger partial charge is 0.312 e. The molecule has 0 spiro atoms. The summed E-state index contributed by atoms with van der Waals surface area (Å²) in [5.74, 6) is 0.873. The summed E-state index contributed by atoms with van der Waals surface area (Å²) >= 11 is 0. The van der Waals surface area contributed by atoms with Gasteiger partial charge in [-0.3, -0.25) is 4.79 Å². The van der Waals surface area contributed by atoms with E-state index < -0.39 is 6.03 Å². The number of carbonyl (C=O) groups excluding carboxylic acids is 2. The lowest BCUT2D eigenvalue weighted by Gasteiger charge is -2.25. The molecule has 0 saturated carbocycles. The number of primary amides is 1. The number of benzene rings is 2. The molecule has 0 radical (unpaired) electrons. The van der Waals surface area contributed by atoms with E-state index in [1.54, 1.807) is 12.1 Å². The van der Waals surface area contributed by atoms with Crippen LogP contribution in [0.2, 0.25) is 0 Å². The van der Waals surface area contributed by atoms with E-state index in [4.69, 9.17) is 10.5 Å². The van der Waals surface area contributed by atoms with E-state index in [1.165, 1.54) is 0 Å². The zero-order chi connectivity index (χ0) is 19.2. The molecular formula is C21H25N3O3. The van der Waals surface area contributed by atoms with Crippen LogP contribution in [-0.2, 0) is 6.54 Å². The topological polar surface area (TPSA) is 84.7 Å². The molecule has 0 aromatic heterocycles. The summed E-state index contributed by atoms with van der Waals surface area (Å²) < 4.78 is 5.50. The molecule has 2 aromatic rings. The first kappa shape index (κ1) is 18.8. The predicted octanol–water partition coefficient (Wildman–Crippen LogP) is 3.23. The molecule has 0 aliphatic carbocycles. The fraction of sp³-hybridized carbons (Fsp3) is 0.333. The zero-order valence-corrected chi connectivity index (χ0v) is 15.5. The van der Waals surface area contributed by atoms with Crippen LogP contribution in [0, 0.1) is 0 Å². The van der Waals surface area contributed by atoms with Gasteiger partial charge in [-0.15, -0.1) is 0 Å². The average Bonchev–Trinajstić information content (AvgIpc) is 3.17. The summed E-state index contributed by atoms with van der Waals surface area (Å²) in [6.07, 6.45) is 1.95. The summed E-state index contributed by atoms with van der Waals surface area (Å²) in [4.78, 5) is 25.7. The maximum Gasteiger partial charge on any atom is 0.312 e. The minimum absolute atomic E-state index is 0.0285. The van der Waals surface area contributed by atoms with E-state index in [0.717, 1.165) is 36.3 Å². The summed E-state index contributed by atoms with van der Waals surface area (Å²) in [5.41, 5.74) is 7.76. The van der Waals surface area contributed by atoms with Crippen LogP contribution in [0.25, 0.3) is 0 Å². The first-order valence-electron chi connectivity index (χ1n) is 9.24. The maximum absolute atomic E-state index is 13.0. The second kappa shape index (κ2) is 8.58. The zero-order valence-electron chi connectivity index (χ0n) is 15.5. The van der Waals surface area contributed by atoms with Gasteiger partial charge in [0.1, 0.15) is 5.75 Å². The first-order chi connectivity index (χ1) is 13.1. The minimum Gasteiger partial charge on any atom is -0.494 e. The summed E-state index contributed by atoms with van der Waals surface area (Å²) in [6.45, 7) is 3.70. The molecule has 6 nitrogen and oxygen atoms in total. The van der Waals surface area contributed by atoms with Crippen molar-refractivity contribution in [3.8, 4) is 5.75 Å². The van der Waals surface area contributed by atoms with Crippen molar-refractivity contribution < 1.29 is 14.3 Å². The van der Waals surface area contributed by atoms with Gasteiger partial charge in [-0.1, -0.05) is 24.3 Å². The Kier molecular flexibility index (Phi) is 5.96. The Morgan fingerprint density at radius 3 is 2.48 bits per heavy atom. The van der Waals surface area contributed by atoms with Crippen molar-refractivity contribution in [1.29, 1.82) is 0 Å². The molecule has 0 unspecified atom stereocenters. The Morgan fingerprint density at radius 1 is 1.15 bits per heavy atom. The lowest BCUT2D eigenvalue weighted by Crippen LogP contribution is -2.30. The molecule has 1 heterocycles. The van der Waals surface area contributed by atoms with Gasteiger partial charge in [-0.05, 0) is 55.2 Å². The lowest BCUT2D eigenvalue weighted by molar-refractivity contribution is 0.0735. The highest BCUT2D eigenvalue weighted by molar-refractivity contribution is 5.94. The SMILES string of the molecule is CCOc1ccc([C@H]2CCCN2C(=O)c2ccc(CNC(N)=O)cc2)cc1. The number of hydrogen-bond donors (Lipinski definition) is 2. The third-order valence-corrected chi connectivity index (χ3v) is 4.76. The van der Waals surface area contributed by atoms with E-state index in [-0.39, 0.29) is 11.9 Å².